The van der Waals surface area contributed by atoms with Crippen LogP contribution in [0.5, 0.6) is 5.75 Å². The van der Waals surface area contributed by atoms with Crippen molar-refractivity contribution in [2.75, 3.05) is 12.5 Å². The van der Waals surface area contributed by atoms with Gasteiger partial charge in [-0.15, -0.1) is 11.3 Å². The molecule has 112 valence electrons. The minimum absolute atomic E-state index is 0.209. The summed E-state index contributed by atoms with van der Waals surface area (Å²) in [6, 6.07) is 8.29. The molecule has 3 rings (SSSR count). The van der Waals surface area contributed by atoms with Crippen molar-refractivity contribution < 1.29 is 13.5 Å². The van der Waals surface area contributed by atoms with Gasteiger partial charge in [0.2, 0.25) is 5.13 Å². The molecule has 1 aromatic carbocycles. The van der Waals surface area contributed by atoms with Gasteiger partial charge in [-0.25, -0.2) is 9.37 Å². The Balaban J connectivity index is 1.72. The second-order valence-electron chi connectivity index (χ2n) is 4.27. The molecule has 5 nitrogen and oxygen atoms in total. The zero-order chi connectivity index (χ0) is 15.4. The normalized spacial score (nSPS) is 11.0. The van der Waals surface area contributed by atoms with Crippen LogP contribution >= 0.6 is 11.3 Å². The largest absolute Gasteiger partial charge is 0.494 e. The summed E-state index contributed by atoms with van der Waals surface area (Å²) in [4.78, 5) is 4.35. The van der Waals surface area contributed by atoms with Crippen molar-refractivity contribution in [2.45, 2.75) is 0 Å². The van der Waals surface area contributed by atoms with E-state index in [4.69, 9.17) is 9.15 Å². The Hall–Kier alpha value is -2.67. The number of halogens is 1. The Morgan fingerprint density at radius 1 is 1.41 bits per heavy atom. The fraction of sp³-hybridized carbons (Fsp3) is 0.0667. The lowest BCUT2D eigenvalue weighted by Crippen LogP contribution is -1.90. The van der Waals surface area contributed by atoms with Crippen molar-refractivity contribution in [3.8, 4) is 17.0 Å². The van der Waals surface area contributed by atoms with Crippen LogP contribution in [0.2, 0.25) is 0 Å². The molecule has 0 fully saturated rings. The van der Waals surface area contributed by atoms with E-state index >= 15 is 0 Å². The Bertz CT molecular complexity index is 784. The molecule has 1 N–H and O–H groups in total. The summed E-state index contributed by atoms with van der Waals surface area (Å²) < 4.78 is 23.7. The van der Waals surface area contributed by atoms with Crippen LogP contribution in [0, 0.1) is 5.82 Å². The van der Waals surface area contributed by atoms with Gasteiger partial charge in [0, 0.05) is 10.9 Å². The maximum Gasteiger partial charge on any atom is 0.203 e. The van der Waals surface area contributed by atoms with Crippen molar-refractivity contribution in [2.24, 2.45) is 5.10 Å². The number of rotatable bonds is 5. The van der Waals surface area contributed by atoms with E-state index < -0.39 is 5.82 Å². The third-order valence-electron chi connectivity index (χ3n) is 2.85. The van der Waals surface area contributed by atoms with Crippen LogP contribution in [0.25, 0.3) is 11.3 Å². The molecule has 0 bridgehead atoms. The first kappa shape index (κ1) is 14.3. The molecule has 2 heterocycles. The first-order chi connectivity index (χ1) is 10.8. The van der Waals surface area contributed by atoms with Gasteiger partial charge in [-0.2, -0.15) is 5.10 Å². The van der Waals surface area contributed by atoms with Gasteiger partial charge >= 0.3 is 0 Å². The number of anilines is 1. The molecule has 0 atom stereocenters. The molecule has 0 saturated carbocycles. The molecule has 22 heavy (non-hydrogen) atoms. The number of furan rings is 1. The lowest BCUT2D eigenvalue weighted by Gasteiger charge is -2.02. The number of thiazole rings is 1. The van der Waals surface area contributed by atoms with E-state index in [0.29, 0.717) is 22.1 Å². The standard InChI is InChI=1S/C15H12FN3O2S/c1-20-14-5-4-10(7-12(14)16)13-9-22-15(18-13)19-17-8-11-3-2-6-21-11/h2-9H,1H3,(H,18,19)/b17-8-. The zero-order valence-electron chi connectivity index (χ0n) is 11.6. The number of hydrazone groups is 1. The molecule has 0 amide bonds. The van der Waals surface area contributed by atoms with E-state index in [0.717, 1.165) is 0 Å². The monoisotopic (exact) mass is 317 g/mol. The summed E-state index contributed by atoms with van der Waals surface area (Å²) in [6.45, 7) is 0. The Morgan fingerprint density at radius 2 is 2.32 bits per heavy atom. The molecule has 3 aromatic rings. The predicted octanol–water partition coefficient (Wildman–Crippen LogP) is 4.00. The average molecular weight is 317 g/mol. The van der Waals surface area contributed by atoms with Crippen LogP contribution in [0.3, 0.4) is 0 Å². The number of nitrogens with one attached hydrogen (secondary N) is 1. The summed E-state index contributed by atoms with van der Waals surface area (Å²) in [5, 5.41) is 6.45. The van der Waals surface area contributed by atoms with E-state index in [1.165, 1.54) is 24.5 Å². The first-order valence-electron chi connectivity index (χ1n) is 6.38. The number of aromatic nitrogens is 1. The molecule has 0 aliphatic rings. The SMILES string of the molecule is COc1ccc(-c2csc(N/N=C\c3ccco3)n2)cc1F. The summed E-state index contributed by atoms with van der Waals surface area (Å²) in [5.41, 5.74) is 4.16. The number of hydrogen-bond acceptors (Lipinski definition) is 6. The third kappa shape index (κ3) is 3.15. The maximum absolute atomic E-state index is 13.7. The van der Waals surface area contributed by atoms with Crippen LogP contribution < -0.4 is 10.2 Å². The van der Waals surface area contributed by atoms with E-state index in [1.54, 1.807) is 36.7 Å². The van der Waals surface area contributed by atoms with Crippen LogP contribution in [-0.4, -0.2) is 18.3 Å². The van der Waals surface area contributed by atoms with Crippen LogP contribution in [0.15, 0.2) is 51.5 Å². The quantitative estimate of drug-likeness (QED) is 0.571. The van der Waals surface area contributed by atoms with Crippen LogP contribution in [0.1, 0.15) is 5.76 Å². The average Bonchev–Trinajstić information content (AvgIpc) is 3.19. The minimum Gasteiger partial charge on any atom is -0.494 e. The molecule has 0 unspecified atom stereocenters. The summed E-state index contributed by atoms with van der Waals surface area (Å²) >= 11 is 1.38. The lowest BCUT2D eigenvalue weighted by atomic mass is 10.1. The molecular weight excluding hydrogens is 305 g/mol. The highest BCUT2D eigenvalue weighted by atomic mass is 32.1. The highest BCUT2D eigenvalue weighted by Gasteiger charge is 2.08. The van der Waals surface area contributed by atoms with E-state index in [1.807, 2.05) is 5.38 Å². The smallest absolute Gasteiger partial charge is 0.203 e. The second kappa shape index (κ2) is 6.40. The van der Waals surface area contributed by atoms with Gasteiger partial charge in [0.1, 0.15) is 5.76 Å². The van der Waals surface area contributed by atoms with Crippen molar-refractivity contribution >= 4 is 22.7 Å². The van der Waals surface area contributed by atoms with Crippen molar-refractivity contribution in [3.63, 3.8) is 0 Å². The summed E-state index contributed by atoms with van der Waals surface area (Å²) in [6.07, 6.45) is 3.12. The third-order valence-corrected chi connectivity index (χ3v) is 3.59. The number of benzene rings is 1. The predicted molar refractivity (Wildman–Crippen MR) is 84.0 cm³/mol. The highest BCUT2D eigenvalue weighted by Crippen LogP contribution is 2.28. The summed E-state index contributed by atoms with van der Waals surface area (Å²) in [7, 11) is 1.43. The molecule has 0 spiro atoms. The van der Waals surface area contributed by atoms with Crippen LogP contribution in [0.4, 0.5) is 9.52 Å². The molecule has 0 aliphatic carbocycles. The number of hydrogen-bond donors (Lipinski definition) is 1. The van der Waals surface area contributed by atoms with Gasteiger partial charge in [-0.3, -0.25) is 5.43 Å². The van der Waals surface area contributed by atoms with E-state index in [2.05, 4.69) is 15.5 Å². The first-order valence-corrected chi connectivity index (χ1v) is 7.26. The zero-order valence-corrected chi connectivity index (χ0v) is 12.4. The molecular formula is C15H12FN3O2S. The molecule has 0 aliphatic heterocycles. The molecule has 2 aromatic heterocycles. The highest BCUT2D eigenvalue weighted by molar-refractivity contribution is 7.14. The van der Waals surface area contributed by atoms with Crippen molar-refractivity contribution in [1.29, 1.82) is 0 Å². The Kier molecular flexibility index (Phi) is 4.15. The Labute approximate surface area is 130 Å². The van der Waals surface area contributed by atoms with Gasteiger partial charge in [0.15, 0.2) is 11.6 Å². The van der Waals surface area contributed by atoms with Crippen molar-refractivity contribution in [1.82, 2.24) is 4.98 Å². The van der Waals surface area contributed by atoms with Gasteiger partial charge in [-0.1, -0.05) is 0 Å². The molecule has 0 radical (unpaired) electrons. The molecule has 7 heteroatoms. The van der Waals surface area contributed by atoms with E-state index in [9.17, 15) is 4.39 Å². The fourth-order valence-electron chi connectivity index (χ4n) is 1.80. The van der Waals surface area contributed by atoms with Gasteiger partial charge in [0.05, 0.1) is 25.3 Å². The van der Waals surface area contributed by atoms with Crippen molar-refractivity contribution in [3.05, 3.63) is 53.6 Å². The fourth-order valence-corrected chi connectivity index (χ4v) is 2.47. The van der Waals surface area contributed by atoms with Gasteiger partial charge < -0.3 is 9.15 Å². The summed E-state index contributed by atoms with van der Waals surface area (Å²) in [5.74, 6) is 0.431. The lowest BCUT2D eigenvalue weighted by molar-refractivity contribution is 0.386. The van der Waals surface area contributed by atoms with Crippen LogP contribution in [-0.2, 0) is 0 Å². The van der Waals surface area contributed by atoms with E-state index in [-0.39, 0.29) is 5.75 Å². The van der Waals surface area contributed by atoms with Gasteiger partial charge in [0.25, 0.3) is 0 Å². The maximum atomic E-state index is 13.7. The molecule has 0 saturated heterocycles. The number of methoxy groups -OCH3 is 1. The second-order valence-corrected chi connectivity index (χ2v) is 5.13. The Morgan fingerprint density at radius 3 is 3.05 bits per heavy atom. The number of ether oxygens (including phenoxy) is 1. The van der Waals surface area contributed by atoms with Gasteiger partial charge in [-0.05, 0) is 30.3 Å². The number of nitrogens with zero attached hydrogens (tertiary/aromatic N) is 2. The topological polar surface area (TPSA) is 59.6 Å². The minimum atomic E-state index is -0.418.